The van der Waals surface area contributed by atoms with Gasteiger partial charge in [0.05, 0.1) is 12.8 Å². The molecule has 0 saturated carbocycles. The first-order chi connectivity index (χ1) is 17.7. The molecule has 0 aliphatic carbocycles. The van der Waals surface area contributed by atoms with Crippen LogP contribution >= 0.6 is 0 Å². The summed E-state index contributed by atoms with van der Waals surface area (Å²) >= 11 is 0. The van der Waals surface area contributed by atoms with Crippen molar-refractivity contribution in [2.24, 2.45) is 0 Å². The van der Waals surface area contributed by atoms with Crippen molar-refractivity contribution in [3.05, 3.63) is 47.9 Å². The highest BCUT2D eigenvalue weighted by molar-refractivity contribution is 5.96. The molecule has 0 bridgehead atoms. The number of likely N-dealkylation sites (N-methyl/N-ethyl adjacent to an activating group) is 1. The first-order valence-electron chi connectivity index (χ1n) is 13.0. The van der Waals surface area contributed by atoms with Crippen LogP contribution in [0.5, 0.6) is 11.5 Å². The highest BCUT2D eigenvalue weighted by Gasteiger charge is 2.21. The van der Waals surface area contributed by atoms with Gasteiger partial charge in [-0.05, 0) is 36.4 Å². The number of hydrogen-bond donors (Lipinski definition) is 1. The van der Waals surface area contributed by atoms with E-state index in [1.807, 2.05) is 24.5 Å². The Kier molecular flexibility index (Phi) is 8.10. The van der Waals surface area contributed by atoms with Gasteiger partial charge in [-0.15, -0.1) is 5.10 Å². The molecule has 0 atom stereocenters. The van der Waals surface area contributed by atoms with Crippen molar-refractivity contribution in [2.75, 3.05) is 84.1 Å². The summed E-state index contributed by atoms with van der Waals surface area (Å²) in [5.41, 5.74) is 2.08. The molecule has 2 aliphatic heterocycles. The standard InChI is InChI=1S/C27H37N7O2/c1-3-32-12-14-33(15-13-32)16-17-36-26-20-23-22(19-25(26)35-2)24(18-21-4-6-28-7-5-21)30-31-27(23)34-10-8-29-9-11-34/h4-7,19-20,29H,3,8-18H2,1-2H3. The SMILES string of the molecule is CCN1CCN(CCOc2cc3c(N4CCNCC4)nnc(Cc4ccncc4)c3cc2OC)CC1. The maximum atomic E-state index is 6.32. The van der Waals surface area contributed by atoms with Crippen LogP contribution in [-0.4, -0.2) is 104 Å². The molecule has 1 N–H and O–H groups in total. The van der Waals surface area contributed by atoms with Gasteiger partial charge in [0.2, 0.25) is 0 Å². The van der Waals surface area contributed by atoms with E-state index in [4.69, 9.17) is 14.6 Å². The van der Waals surface area contributed by atoms with Gasteiger partial charge in [-0.2, -0.15) is 5.10 Å². The van der Waals surface area contributed by atoms with Crippen molar-refractivity contribution in [1.82, 2.24) is 30.3 Å². The van der Waals surface area contributed by atoms with Crippen LogP contribution in [0.1, 0.15) is 18.2 Å². The predicted molar refractivity (Wildman–Crippen MR) is 142 cm³/mol. The van der Waals surface area contributed by atoms with E-state index in [9.17, 15) is 0 Å². The Hall–Kier alpha value is -3.01. The molecule has 36 heavy (non-hydrogen) atoms. The second-order valence-corrected chi connectivity index (χ2v) is 9.41. The second kappa shape index (κ2) is 11.8. The summed E-state index contributed by atoms with van der Waals surface area (Å²) in [7, 11) is 1.70. The Labute approximate surface area is 213 Å². The van der Waals surface area contributed by atoms with Crippen LogP contribution in [0.4, 0.5) is 5.82 Å². The van der Waals surface area contributed by atoms with E-state index in [0.29, 0.717) is 13.0 Å². The number of nitrogens with one attached hydrogen (secondary N) is 1. The minimum atomic E-state index is 0.624. The van der Waals surface area contributed by atoms with Crippen molar-refractivity contribution < 1.29 is 9.47 Å². The zero-order chi connectivity index (χ0) is 24.7. The number of aromatic nitrogens is 3. The minimum Gasteiger partial charge on any atom is -0.493 e. The summed E-state index contributed by atoms with van der Waals surface area (Å²) < 4.78 is 12.1. The lowest BCUT2D eigenvalue weighted by Gasteiger charge is -2.33. The average Bonchev–Trinajstić information content (AvgIpc) is 2.94. The van der Waals surface area contributed by atoms with Crippen molar-refractivity contribution in [2.45, 2.75) is 13.3 Å². The Morgan fingerprint density at radius 2 is 1.61 bits per heavy atom. The maximum Gasteiger partial charge on any atom is 0.161 e. The molecule has 2 aliphatic rings. The fourth-order valence-corrected chi connectivity index (χ4v) is 5.02. The van der Waals surface area contributed by atoms with Gasteiger partial charge in [0.25, 0.3) is 0 Å². The number of methoxy groups -OCH3 is 1. The zero-order valence-electron chi connectivity index (χ0n) is 21.4. The van der Waals surface area contributed by atoms with Gasteiger partial charge in [-0.25, -0.2) is 0 Å². The quantitative estimate of drug-likeness (QED) is 0.484. The predicted octanol–water partition coefficient (Wildman–Crippen LogP) is 2.05. The van der Waals surface area contributed by atoms with E-state index in [1.54, 1.807) is 7.11 Å². The van der Waals surface area contributed by atoms with Gasteiger partial charge in [-0.1, -0.05) is 6.92 Å². The fourth-order valence-electron chi connectivity index (χ4n) is 5.02. The van der Waals surface area contributed by atoms with Crippen molar-refractivity contribution in [3.63, 3.8) is 0 Å². The third-order valence-electron chi connectivity index (χ3n) is 7.24. The highest BCUT2D eigenvalue weighted by atomic mass is 16.5. The van der Waals surface area contributed by atoms with Gasteiger partial charge < -0.3 is 24.6 Å². The fraction of sp³-hybridized carbons (Fsp3) is 0.519. The molecule has 5 rings (SSSR count). The average molecular weight is 492 g/mol. The lowest BCUT2D eigenvalue weighted by molar-refractivity contribution is 0.120. The van der Waals surface area contributed by atoms with Gasteiger partial charge >= 0.3 is 0 Å². The van der Waals surface area contributed by atoms with E-state index >= 15 is 0 Å². The van der Waals surface area contributed by atoms with Crippen LogP contribution in [-0.2, 0) is 6.42 Å². The topological polar surface area (TPSA) is 78.9 Å². The minimum absolute atomic E-state index is 0.624. The molecule has 0 radical (unpaired) electrons. The van der Waals surface area contributed by atoms with Crippen LogP contribution < -0.4 is 19.7 Å². The van der Waals surface area contributed by atoms with Gasteiger partial charge in [0.15, 0.2) is 17.3 Å². The number of benzene rings is 1. The Morgan fingerprint density at radius 1 is 0.889 bits per heavy atom. The Bertz CT molecular complexity index is 1130. The summed E-state index contributed by atoms with van der Waals surface area (Å²) in [6.07, 6.45) is 4.31. The molecule has 2 aromatic heterocycles. The van der Waals surface area contributed by atoms with Crippen LogP contribution in [0.2, 0.25) is 0 Å². The maximum absolute atomic E-state index is 6.32. The lowest BCUT2D eigenvalue weighted by Crippen LogP contribution is -2.47. The number of anilines is 1. The monoisotopic (exact) mass is 491 g/mol. The molecule has 9 heteroatoms. The van der Waals surface area contributed by atoms with Crippen molar-refractivity contribution >= 4 is 16.6 Å². The molecule has 0 amide bonds. The molecule has 192 valence electrons. The molecule has 0 unspecified atom stereocenters. The van der Waals surface area contributed by atoms with E-state index < -0.39 is 0 Å². The van der Waals surface area contributed by atoms with E-state index in [-0.39, 0.29) is 0 Å². The number of piperazine rings is 2. The molecule has 3 aromatic rings. The van der Waals surface area contributed by atoms with E-state index in [0.717, 1.165) is 105 Å². The number of fused-ring (bicyclic) bond motifs is 1. The number of ether oxygens (including phenoxy) is 2. The Morgan fingerprint density at radius 3 is 2.33 bits per heavy atom. The summed E-state index contributed by atoms with van der Waals surface area (Å²) in [6, 6.07) is 8.21. The van der Waals surface area contributed by atoms with Crippen molar-refractivity contribution in [3.8, 4) is 11.5 Å². The molecule has 0 spiro atoms. The first kappa shape index (κ1) is 24.7. The van der Waals surface area contributed by atoms with Crippen molar-refractivity contribution in [1.29, 1.82) is 0 Å². The number of hydrogen-bond acceptors (Lipinski definition) is 9. The summed E-state index contributed by atoms with van der Waals surface area (Å²) in [5, 5.41) is 14.9. The molecule has 1 aromatic carbocycles. The molecular formula is C27H37N7O2. The van der Waals surface area contributed by atoms with E-state index in [1.165, 1.54) is 0 Å². The van der Waals surface area contributed by atoms with Gasteiger partial charge in [0, 0.05) is 88.5 Å². The normalized spacial score (nSPS) is 17.4. The highest BCUT2D eigenvalue weighted by Crippen LogP contribution is 2.37. The number of pyridine rings is 1. The van der Waals surface area contributed by atoms with Crippen LogP contribution in [0.3, 0.4) is 0 Å². The summed E-state index contributed by atoms with van der Waals surface area (Å²) in [4.78, 5) is 11.4. The molecule has 2 saturated heterocycles. The molecule has 9 nitrogen and oxygen atoms in total. The first-order valence-corrected chi connectivity index (χ1v) is 13.0. The third-order valence-corrected chi connectivity index (χ3v) is 7.24. The molecular weight excluding hydrogens is 454 g/mol. The van der Waals surface area contributed by atoms with E-state index in [2.05, 4.69) is 49.2 Å². The third kappa shape index (κ3) is 5.69. The van der Waals surface area contributed by atoms with Gasteiger partial charge in [-0.3, -0.25) is 9.88 Å². The number of nitrogens with zero attached hydrogens (tertiary/aromatic N) is 6. The number of rotatable bonds is 9. The van der Waals surface area contributed by atoms with Crippen LogP contribution in [0.15, 0.2) is 36.7 Å². The molecule has 4 heterocycles. The smallest absolute Gasteiger partial charge is 0.161 e. The summed E-state index contributed by atoms with van der Waals surface area (Å²) in [6.45, 7) is 13.0. The largest absolute Gasteiger partial charge is 0.493 e. The Balaban J connectivity index is 1.42. The lowest BCUT2D eigenvalue weighted by atomic mass is 10.0. The second-order valence-electron chi connectivity index (χ2n) is 9.41. The zero-order valence-corrected chi connectivity index (χ0v) is 21.4. The van der Waals surface area contributed by atoms with Crippen LogP contribution in [0, 0.1) is 0 Å². The summed E-state index contributed by atoms with van der Waals surface area (Å²) in [5.74, 6) is 2.40. The van der Waals surface area contributed by atoms with Crippen LogP contribution in [0.25, 0.3) is 10.8 Å². The molecule has 2 fully saturated rings. The van der Waals surface area contributed by atoms with Gasteiger partial charge in [0.1, 0.15) is 6.61 Å².